The van der Waals surface area contributed by atoms with E-state index in [0.29, 0.717) is 6.54 Å². The normalized spacial score (nSPS) is 12.2. The van der Waals surface area contributed by atoms with Crippen molar-refractivity contribution in [2.75, 3.05) is 18.0 Å². The standard InChI is InChI=1S/C15H22FNO2/c1-3-4-5-10-17(11-12(2)15(18)19)14-8-6-13(16)7-9-14/h6-9,12H,3-5,10-11H2,1-2H3,(H,18,19). The molecule has 0 fully saturated rings. The van der Waals surface area contributed by atoms with Crippen LogP contribution in [-0.4, -0.2) is 24.2 Å². The molecule has 0 radical (unpaired) electrons. The van der Waals surface area contributed by atoms with Crippen molar-refractivity contribution in [3.63, 3.8) is 0 Å². The van der Waals surface area contributed by atoms with Crippen LogP contribution in [0.2, 0.25) is 0 Å². The Morgan fingerprint density at radius 2 is 1.95 bits per heavy atom. The summed E-state index contributed by atoms with van der Waals surface area (Å²) < 4.78 is 12.9. The molecule has 1 atom stereocenters. The van der Waals surface area contributed by atoms with Gasteiger partial charge in [-0.1, -0.05) is 26.7 Å². The molecule has 1 rings (SSSR count). The highest BCUT2D eigenvalue weighted by atomic mass is 19.1. The number of aliphatic carboxylic acids is 1. The van der Waals surface area contributed by atoms with E-state index < -0.39 is 11.9 Å². The summed E-state index contributed by atoms with van der Waals surface area (Å²) in [5.41, 5.74) is 0.880. The van der Waals surface area contributed by atoms with Crippen molar-refractivity contribution in [3.05, 3.63) is 30.1 Å². The van der Waals surface area contributed by atoms with Crippen LogP contribution in [0.1, 0.15) is 33.1 Å². The van der Waals surface area contributed by atoms with Gasteiger partial charge in [-0.3, -0.25) is 4.79 Å². The van der Waals surface area contributed by atoms with Crippen LogP contribution in [0, 0.1) is 11.7 Å². The SMILES string of the molecule is CCCCCN(CC(C)C(=O)O)c1ccc(F)cc1. The van der Waals surface area contributed by atoms with E-state index in [1.165, 1.54) is 12.1 Å². The average molecular weight is 267 g/mol. The molecule has 0 amide bonds. The zero-order valence-electron chi connectivity index (χ0n) is 11.6. The van der Waals surface area contributed by atoms with Gasteiger partial charge in [0.1, 0.15) is 5.82 Å². The molecule has 1 aromatic carbocycles. The Morgan fingerprint density at radius 1 is 1.32 bits per heavy atom. The molecular weight excluding hydrogens is 245 g/mol. The quantitative estimate of drug-likeness (QED) is 0.732. The lowest BCUT2D eigenvalue weighted by Crippen LogP contribution is -2.32. The van der Waals surface area contributed by atoms with Gasteiger partial charge in [-0.15, -0.1) is 0 Å². The number of halogens is 1. The molecular formula is C15H22FNO2. The molecule has 1 unspecified atom stereocenters. The largest absolute Gasteiger partial charge is 0.481 e. The third kappa shape index (κ3) is 5.28. The smallest absolute Gasteiger partial charge is 0.308 e. The molecule has 3 nitrogen and oxygen atoms in total. The second-order valence-corrected chi connectivity index (χ2v) is 4.87. The maximum Gasteiger partial charge on any atom is 0.308 e. The zero-order valence-corrected chi connectivity index (χ0v) is 11.6. The van der Waals surface area contributed by atoms with E-state index in [2.05, 4.69) is 6.92 Å². The highest BCUT2D eigenvalue weighted by Crippen LogP contribution is 2.17. The second kappa shape index (κ2) is 7.77. The van der Waals surface area contributed by atoms with Gasteiger partial charge in [-0.05, 0) is 30.7 Å². The first kappa shape index (κ1) is 15.5. The van der Waals surface area contributed by atoms with Gasteiger partial charge in [0.05, 0.1) is 5.92 Å². The first-order chi connectivity index (χ1) is 9.04. The van der Waals surface area contributed by atoms with Gasteiger partial charge in [0.15, 0.2) is 0 Å². The maximum atomic E-state index is 12.9. The van der Waals surface area contributed by atoms with Gasteiger partial charge in [0.2, 0.25) is 0 Å². The highest BCUT2D eigenvalue weighted by Gasteiger charge is 2.16. The summed E-state index contributed by atoms with van der Waals surface area (Å²) in [6.45, 7) is 5.07. The van der Waals surface area contributed by atoms with Gasteiger partial charge >= 0.3 is 5.97 Å². The number of rotatable bonds is 8. The molecule has 0 aromatic heterocycles. The van der Waals surface area contributed by atoms with Crippen LogP contribution in [-0.2, 0) is 4.79 Å². The van der Waals surface area contributed by atoms with E-state index in [1.807, 2.05) is 4.90 Å². The van der Waals surface area contributed by atoms with E-state index in [9.17, 15) is 9.18 Å². The van der Waals surface area contributed by atoms with Crippen LogP contribution >= 0.6 is 0 Å². The number of carboxylic acids is 1. The van der Waals surface area contributed by atoms with Crippen molar-refractivity contribution < 1.29 is 14.3 Å². The number of hydrogen-bond donors (Lipinski definition) is 1. The number of unbranched alkanes of at least 4 members (excludes halogenated alkanes) is 2. The van der Waals surface area contributed by atoms with Gasteiger partial charge in [-0.2, -0.15) is 0 Å². The Morgan fingerprint density at radius 3 is 2.47 bits per heavy atom. The lowest BCUT2D eigenvalue weighted by atomic mass is 10.1. The van der Waals surface area contributed by atoms with Crippen LogP contribution in [0.15, 0.2) is 24.3 Å². The Labute approximate surface area is 114 Å². The zero-order chi connectivity index (χ0) is 14.3. The number of benzene rings is 1. The average Bonchev–Trinajstić information content (AvgIpc) is 2.38. The van der Waals surface area contributed by atoms with E-state index in [1.54, 1.807) is 19.1 Å². The topological polar surface area (TPSA) is 40.5 Å². The fraction of sp³-hybridized carbons (Fsp3) is 0.533. The number of anilines is 1. The minimum atomic E-state index is -0.803. The summed E-state index contributed by atoms with van der Waals surface area (Å²) in [4.78, 5) is 13.0. The lowest BCUT2D eigenvalue weighted by molar-refractivity contribution is -0.140. The summed E-state index contributed by atoms with van der Waals surface area (Å²) in [6.07, 6.45) is 3.24. The molecule has 0 aliphatic rings. The van der Waals surface area contributed by atoms with Crippen molar-refractivity contribution in [1.29, 1.82) is 0 Å². The molecule has 0 saturated heterocycles. The summed E-state index contributed by atoms with van der Waals surface area (Å²) in [7, 11) is 0. The minimum absolute atomic E-state index is 0.274. The number of carboxylic acid groups (broad SMARTS) is 1. The summed E-state index contributed by atoms with van der Waals surface area (Å²) in [5, 5.41) is 9.01. The van der Waals surface area contributed by atoms with Crippen LogP contribution in [0.25, 0.3) is 0 Å². The Kier molecular flexibility index (Phi) is 6.33. The Balaban J connectivity index is 2.73. The molecule has 0 saturated carbocycles. The molecule has 4 heteroatoms. The molecule has 106 valence electrons. The van der Waals surface area contributed by atoms with Crippen LogP contribution in [0.5, 0.6) is 0 Å². The summed E-state index contributed by atoms with van der Waals surface area (Å²) in [5.74, 6) is -1.52. The van der Waals surface area contributed by atoms with Gasteiger partial charge in [-0.25, -0.2) is 4.39 Å². The minimum Gasteiger partial charge on any atom is -0.481 e. The van der Waals surface area contributed by atoms with E-state index >= 15 is 0 Å². The molecule has 19 heavy (non-hydrogen) atoms. The maximum absolute atomic E-state index is 12.9. The van der Waals surface area contributed by atoms with Crippen molar-refractivity contribution >= 4 is 11.7 Å². The van der Waals surface area contributed by atoms with Gasteiger partial charge < -0.3 is 10.0 Å². The second-order valence-electron chi connectivity index (χ2n) is 4.87. The van der Waals surface area contributed by atoms with E-state index in [0.717, 1.165) is 31.5 Å². The number of carbonyl (C=O) groups is 1. The van der Waals surface area contributed by atoms with Crippen molar-refractivity contribution in [2.45, 2.75) is 33.1 Å². The lowest BCUT2D eigenvalue weighted by Gasteiger charge is -2.26. The van der Waals surface area contributed by atoms with Crippen LogP contribution < -0.4 is 4.90 Å². The number of nitrogens with zero attached hydrogens (tertiary/aromatic N) is 1. The van der Waals surface area contributed by atoms with Gasteiger partial charge in [0.25, 0.3) is 0 Å². The van der Waals surface area contributed by atoms with Crippen molar-refractivity contribution in [3.8, 4) is 0 Å². The van der Waals surface area contributed by atoms with Crippen molar-refractivity contribution in [1.82, 2.24) is 0 Å². The van der Waals surface area contributed by atoms with Crippen molar-refractivity contribution in [2.24, 2.45) is 5.92 Å². The molecule has 0 heterocycles. The van der Waals surface area contributed by atoms with Crippen LogP contribution in [0.4, 0.5) is 10.1 Å². The van der Waals surface area contributed by atoms with Gasteiger partial charge in [0, 0.05) is 18.8 Å². The molecule has 0 bridgehead atoms. The van der Waals surface area contributed by atoms with Crippen LogP contribution in [0.3, 0.4) is 0 Å². The highest BCUT2D eigenvalue weighted by molar-refractivity contribution is 5.70. The first-order valence-electron chi connectivity index (χ1n) is 6.78. The molecule has 1 N–H and O–H groups in total. The molecule has 0 spiro atoms. The molecule has 1 aromatic rings. The monoisotopic (exact) mass is 267 g/mol. The fourth-order valence-electron chi connectivity index (χ4n) is 1.94. The first-order valence-corrected chi connectivity index (χ1v) is 6.78. The summed E-state index contributed by atoms with van der Waals surface area (Å²) >= 11 is 0. The predicted molar refractivity (Wildman–Crippen MR) is 74.9 cm³/mol. The Hall–Kier alpha value is -1.58. The summed E-state index contributed by atoms with van der Waals surface area (Å²) in [6, 6.07) is 6.23. The number of hydrogen-bond acceptors (Lipinski definition) is 2. The van der Waals surface area contributed by atoms with E-state index in [-0.39, 0.29) is 5.82 Å². The predicted octanol–water partition coefficient (Wildman–Crippen LogP) is 3.54. The Bertz CT molecular complexity index is 392. The molecule has 0 aliphatic carbocycles. The third-order valence-electron chi connectivity index (χ3n) is 3.14. The third-order valence-corrected chi connectivity index (χ3v) is 3.14. The fourth-order valence-corrected chi connectivity index (χ4v) is 1.94. The molecule has 0 aliphatic heterocycles. The van der Waals surface area contributed by atoms with E-state index in [4.69, 9.17) is 5.11 Å².